The number of fused-ring (bicyclic) bond motifs is 1. The van der Waals surface area contributed by atoms with Gasteiger partial charge in [-0.05, 0) is 34.1 Å². The predicted molar refractivity (Wildman–Crippen MR) is 113 cm³/mol. The van der Waals surface area contributed by atoms with Crippen molar-refractivity contribution in [1.29, 1.82) is 0 Å². The number of halogens is 1. The topological polar surface area (TPSA) is 96.4 Å². The lowest BCUT2D eigenvalue weighted by Gasteiger charge is -2.39. The summed E-state index contributed by atoms with van der Waals surface area (Å²) in [5.74, 6) is -2.67. The highest BCUT2D eigenvalue weighted by atomic mass is 79.9. The fourth-order valence-corrected chi connectivity index (χ4v) is 6.21. The first-order valence-corrected chi connectivity index (χ1v) is 11.4. The molecular weight excluding hydrogens is 456 g/mol. The molecule has 1 N–H and O–H groups in total. The molecule has 3 aliphatic heterocycles. The van der Waals surface area contributed by atoms with E-state index < -0.39 is 41.6 Å². The molecule has 0 aromatic rings. The van der Waals surface area contributed by atoms with Gasteiger partial charge in [-0.1, -0.05) is 22.0 Å². The van der Waals surface area contributed by atoms with Crippen molar-refractivity contribution in [2.24, 2.45) is 11.8 Å². The van der Waals surface area contributed by atoms with Gasteiger partial charge < -0.3 is 24.4 Å². The van der Waals surface area contributed by atoms with E-state index >= 15 is 0 Å². The van der Waals surface area contributed by atoms with Crippen molar-refractivity contribution in [2.75, 3.05) is 19.8 Å². The average Bonchev–Trinajstić information content (AvgIpc) is 3.28. The highest BCUT2D eigenvalue weighted by molar-refractivity contribution is 9.09. The molecule has 3 fully saturated rings. The van der Waals surface area contributed by atoms with Crippen LogP contribution in [0.2, 0.25) is 0 Å². The molecule has 3 aliphatic rings. The Morgan fingerprint density at radius 1 is 1.47 bits per heavy atom. The van der Waals surface area contributed by atoms with Crippen LogP contribution in [-0.4, -0.2) is 87.1 Å². The van der Waals surface area contributed by atoms with Crippen LogP contribution in [0.3, 0.4) is 0 Å². The van der Waals surface area contributed by atoms with Gasteiger partial charge in [-0.2, -0.15) is 0 Å². The summed E-state index contributed by atoms with van der Waals surface area (Å²) < 4.78 is 11.6. The SMILES string of the molecule is C=CCN(C(=O)C1N([C@H](C)CO)C(=O)[C@@H]2[C@@H](C(=O)OCC)[C@@H]3OC12CC3Br)C(C)C. The third kappa shape index (κ3) is 3.29. The maximum Gasteiger partial charge on any atom is 0.312 e. The Morgan fingerprint density at radius 2 is 2.13 bits per heavy atom. The molecule has 0 saturated carbocycles. The molecule has 1 spiro atoms. The minimum absolute atomic E-state index is 0.119. The van der Waals surface area contributed by atoms with Crippen molar-refractivity contribution in [2.45, 2.75) is 68.8 Å². The number of esters is 1. The van der Waals surface area contributed by atoms with Gasteiger partial charge in [0.15, 0.2) is 0 Å². The summed E-state index contributed by atoms with van der Waals surface area (Å²) in [6.07, 6.45) is 1.53. The second kappa shape index (κ2) is 8.59. The normalized spacial score (nSPS) is 35.5. The molecule has 3 unspecified atom stereocenters. The summed E-state index contributed by atoms with van der Waals surface area (Å²) in [6.45, 7) is 11.2. The molecule has 30 heavy (non-hydrogen) atoms. The summed E-state index contributed by atoms with van der Waals surface area (Å²) in [5.41, 5.74) is -1.14. The summed E-state index contributed by atoms with van der Waals surface area (Å²) in [7, 11) is 0. The quantitative estimate of drug-likeness (QED) is 0.313. The highest BCUT2D eigenvalue weighted by Crippen LogP contribution is 2.60. The van der Waals surface area contributed by atoms with Crippen molar-refractivity contribution < 1.29 is 29.0 Å². The molecule has 168 valence electrons. The number of aliphatic hydroxyl groups excluding tert-OH is 1. The number of alkyl halides is 1. The molecule has 3 heterocycles. The number of hydrogen-bond donors (Lipinski definition) is 1. The van der Waals surface area contributed by atoms with Gasteiger partial charge in [0.2, 0.25) is 11.8 Å². The van der Waals surface area contributed by atoms with Gasteiger partial charge in [0.05, 0.1) is 37.2 Å². The van der Waals surface area contributed by atoms with E-state index in [1.165, 1.54) is 4.90 Å². The molecule has 7 atom stereocenters. The van der Waals surface area contributed by atoms with E-state index in [9.17, 15) is 19.5 Å². The van der Waals surface area contributed by atoms with Gasteiger partial charge in [0, 0.05) is 17.4 Å². The first-order valence-electron chi connectivity index (χ1n) is 10.5. The standard InChI is InChI=1S/C21H31BrN2O6/c1-6-8-23(11(3)4)19(27)17-21-9-13(22)16(30-21)14(20(28)29-7-2)15(21)18(26)24(17)12(5)10-25/h6,11-17,25H,1,7-10H2,2-5H3/t12-,13?,14-,15+,16-,17?,21?/m1/s1. The Labute approximate surface area is 185 Å². The van der Waals surface area contributed by atoms with Crippen LogP contribution in [0.25, 0.3) is 0 Å². The molecule has 3 saturated heterocycles. The van der Waals surface area contributed by atoms with Crippen molar-refractivity contribution in [3.8, 4) is 0 Å². The summed E-state index contributed by atoms with van der Waals surface area (Å²) in [5, 5.41) is 9.83. The van der Waals surface area contributed by atoms with Crippen molar-refractivity contribution in [1.82, 2.24) is 9.80 Å². The number of carbonyl (C=O) groups is 3. The minimum Gasteiger partial charge on any atom is -0.466 e. The van der Waals surface area contributed by atoms with Gasteiger partial charge in [0.1, 0.15) is 11.6 Å². The molecular formula is C21H31BrN2O6. The van der Waals surface area contributed by atoms with Crippen LogP contribution in [0.1, 0.15) is 34.1 Å². The van der Waals surface area contributed by atoms with Crippen LogP contribution in [-0.2, 0) is 23.9 Å². The average molecular weight is 487 g/mol. The molecule has 0 aliphatic carbocycles. The third-order valence-corrected chi connectivity index (χ3v) is 7.34. The molecule has 3 rings (SSSR count). The lowest BCUT2D eigenvalue weighted by Crippen LogP contribution is -2.59. The van der Waals surface area contributed by atoms with Gasteiger partial charge in [-0.3, -0.25) is 14.4 Å². The van der Waals surface area contributed by atoms with Crippen molar-refractivity contribution in [3.63, 3.8) is 0 Å². The Balaban J connectivity index is 2.10. The van der Waals surface area contributed by atoms with Gasteiger partial charge in [-0.25, -0.2) is 0 Å². The summed E-state index contributed by atoms with van der Waals surface area (Å²) in [4.78, 5) is 43.0. The number of amides is 2. The predicted octanol–water partition coefficient (Wildman–Crippen LogP) is 1.10. The van der Waals surface area contributed by atoms with Gasteiger partial charge >= 0.3 is 5.97 Å². The van der Waals surface area contributed by atoms with Crippen molar-refractivity contribution in [3.05, 3.63) is 12.7 Å². The van der Waals surface area contributed by atoms with E-state index in [1.807, 2.05) is 13.8 Å². The zero-order chi connectivity index (χ0) is 22.4. The molecule has 0 aromatic heterocycles. The fourth-order valence-electron chi connectivity index (χ4n) is 5.27. The summed E-state index contributed by atoms with van der Waals surface area (Å²) in [6, 6.07) is -1.64. The number of aliphatic hydroxyl groups is 1. The first kappa shape index (κ1) is 23.2. The van der Waals surface area contributed by atoms with E-state index in [0.717, 1.165) is 0 Å². The first-order chi connectivity index (χ1) is 14.2. The fraction of sp³-hybridized carbons (Fsp3) is 0.762. The number of likely N-dealkylation sites (tertiary alicyclic amines) is 1. The monoisotopic (exact) mass is 486 g/mol. The van der Waals surface area contributed by atoms with Crippen LogP contribution in [0, 0.1) is 11.8 Å². The number of carbonyl (C=O) groups excluding carboxylic acids is 3. The molecule has 9 heteroatoms. The Bertz CT molecular complexity index is 730. The molecule has 2 bridgehead atoms. The molecule has 8 nitrogen and oxygen atoms in total. The van der Waals surface area contributed by atoms with Crippen molar-refractivity contribution >= 4 is 33.7 Å². The Morgan fingerprint density at radius 3 is 2.67 bits per heavy atom. The van der Waals surface area contributed by atoms with Crippen LogP contribution >= 0.6 is 15.9 Å². The van der Waals surface area contributed by atoms with Gasteiger partial charge in [0.25, 0.3) is 0 Å². The second-order valence-electron chi connectivity index (χ2n) is 8.57. The van der Waals surface area contributed by atoms with Crippen LogP contribution in [0.4, 0.5) is 0 Å². The third-order valence-electron chi connectivity index (χ3n) is 6.49. The zero-order valence-corrected chi connectivity index (χ0v) is 19.5. The Hall–Kier alpha value is -1.45. The second-order valence-corrected chi connectivity index (χ2v) is 9.74. The van der Waals surface area contributed by atoms with E-state index in [2.05, 4.69) is 22.5 Å². The van der Waals surface area contributed by atoms with Crippen LogP contribution in [0.5, 0.6) is 0 Å². The molecule has 2 amide bonds. The lowest BCUT2D eigenvalue weighted by molar-refractivity contribution is -0.156. The zero-order valence-electron chi connectivity index (χ0n) is 17.9. The largest absolute Gasteiger partial charge is 0.466 e. The number of rotatable bonds is 8. The Kier molecular flexibility index (Phi) is 6.65. The highest BCUT2D eigenvalue weighted by Gasteiger charge is 2.77. The molecule has 0 radical (unpaired) electrons. The summed E-state index contributed by atoms with van der Waals surface area (Å²) >= 11 is 3.60. The lowest BCUT2D eigenvalue weighted by atomic mass is 9.70. The maximum absolute atomic E-state index is 13.8. The van der Waals surface area contributed by atoms with E-state index in [4.69, 9.17) is 9.47 Å². The number of nitrogens with zero attached hydrogens (tertiary/aromatic N) is 2. The van der Waals surface area contributed by atoms with Crippen LogP contribution in [0.15, 0.2) is 12.7 Å². The van der Waals surface area contributed by atoms with E-state index in [1.54, 1.807) is 24.8 Å². The minimum atomic E-state index is -1.14. The van der Waals surface area contributed by atoms with E-state index in [-0.39, 0.29) is 35.9 Å². The van der Waals surface area contributed by atoms with Crippen LogP contribution < -0.4 is 0 Å². The van der Waals surface area contributed by atoms with E-state index in [0.29, 0.717) is 13.0 Å². The smallest absolute Gasteiger partial charge is 0.312 e. The number of hydrogen-bond acceptors (Lipinski definition) is 6. The maximum atomic E-state index is 13.8. The number of ether oxygens (including phenoxy) is 2. The molecule has 0 aromatic carbocycles. The van der Waals surface area contributed by atoms with Gasteiger partial charge in [-0.15, -0.1) is 6.58 Å².